The number of aliphatic hydroxyl groups is 1. The molecular weight excluding hydrogens is 452 g/mol. The summed E-state index contributed by atoms with van der Waals surface area (Å²) in [6, 6.07) is 39.5. The molecule has 8 rings (SSSR count). The lowest BCUT2D eigenvalue weighted by atomic mass is 9.49. The van der Waals surface area contributed by atoms with E-state index in [1.54, 1.807) is 0 Å². The van der Waals surface area contributed by atoms with Crippen molar-refractivity contribution in [1.29, 1.82) is 0 Å². The summed E-state index contributed by atoms with van der Waals surface area (Å²) in [5.74, 6) is -0.462. The van der Waals surface area contributed by atoms with E-state index >= 15 is 0 Å². The molecule has 4 aromatic carbocycles. The van der Waals surface area contributed by atoms with E-state index in [1.807, 2.05) is 42.5 Å². The van der Waals surface area contributed by atoms with Crippen LogP contribution < -0.4 is 0 Å². The first-order valence-corrected chi connectivity index (χ1v) is 13.2. The van der Waals surface area contributed by atoms with E-state index in [9.17, 15) is 9.90 Å². The van der Waals surface area contributed by atoms with E-state index in [-0.39, 0.29) is 11.7 Å². The zero-order valence-electron chi connectivity index (χ0n) is 21.0. The predicted octanol–water partition coefficient (Wildman–Crippen LogP) is 6.43. The van der Waals surface area contributed by atoms with Gasteiger partial charge >= 0.3 is 0 Å². The van der Waals surface area contributed by atoms with Crippen LogP contribution in [0.3, 0.4) is 0 Å². The van der Waals surface area contributed by atoms with Crippen LogP contribution in [0.5, 0.6) is 0 Å². The van der Waals surface area contributed by atoms with Crippen LogP contribution in [0.25, 0.3) is 11.1 Å². The van der Waals surface area contributed by atoms with E-state index in [1.165, 1.54) is 5.56 Å². The van der Waals surface area contributed by atoms with Crippen LogP contribution in [0.4, 0.5) is 0 Å². The van der Waals surface area contributed by atoms with Gasteiger partial charge in [0.1, 0.15) is 11.4 Å². The molecule has 0 unspecified atom stereocenters. The molecule has 4 bridgehead atoms. The van der Waals surface area contributed by atoms with Crippen molar-refractivity contribution in [2.75, 3.05) is 0 Å². The first-order chi connectivity index (χ1) is 17.9. The van der Waals surface area contributed by atoms with Gasteiger partial charge in [0.15, 0.2) is 0 Å². The van der Waals surface area contributed by atoms with Gasteiger partial charge in [-0.25, -0.2) is 0 Å². The smallest absolute Gasteiger partial charge is 0.146 e. The maximum absolute atomic E-state index is 14.9. The number of fused-ring (bicyclic) bond motifs is 3. The summed E-state index contributed by atoms with van der Waals surface area (Å²) in [7, 11) is 0. The van der Waals surface area contributed by atoms with Crippen molar-refractivity contribution in [3.8, 4) is 0 Å². The third-order valence-electron chi connectivity index (χ3n) is 10.6. The minimum atomic E-state index is -1.24. The number of rotatable bonds is 3. The number of carbonyl (C=O) groups excluding carboxylic acids is 1. The lowest BCUT2D eigenvalue weighted by Crippen LogP contribution is -2.63. The lowest BCUT2D eigenvalue weighted by Gasteiger charge is -2.56. The first-order valence-electron chi connectivity index (χ1n) is 13.2. The van der Waals surface area contributed by atoms with Crippen LogP contribution in [0.15, 0.2) is 115 Å². The van der Waals surface area contributed by atoms with Gasteiger partial charge in [-0.05, 0) is 39.0 Å². The topological polar surface area (TPSA) is 37.3 Å². The predicted molar refractivity (Wildman–Crippen MR) is 146 cm³/mol. The molecule has 2 saturated carbocycles. The maximum atomic E-state index is 14.9. The Balaban J connectivity index is 1.57. The fraction of sp³-hybridized carbons (Fsp3) is 0.229. The lowest BCUT2D eigenvalue weighted by molar-refractivity contribution is -0.139. The van der Waals surface area contributed by atoms with Gasteiger partial charge in [-0.15, -0.1) is 0 Å². The summed E-state index contributed by atoms with van der Waals surface area (Å²) in [4.78, 5) is 14.9. The average molecular weight is 481 g/mol. The zero-order chi connectivity index (χ0) is 25.2. The molecule has 6 atom stereocenters. The van der Waals surface area contributed by atoms with Gasteiger partial charge in [-0.1, -0.05) is 129 Å². The SMILES string of the molecule is C[C@@]12[C@H]3C(=O)[C@H]4C(c5ccccc5)=C(c5ccccc5)[C@]1(O)[C@@]4(C)c1ccccc1[C@]32c1ccccc1. The molecule has 4 aliphatic carbocycles. The Morgan fingerprint density at radius 1 is 0.649 bits per heavy atom. The van der Waals surface area contributed by atoms with Gasteiger partial charge in [-0.2, -0.15) is 0 Å². The van der Waals surface area contributed by atoms with E-state index in [2.05, 4.69) is 86.6 Å². The molecule has 0 saturated heterocycles. The molecule has 0 aliphatic heterocycles. The summed E-state index contributed by atoms with van der Waals surface area (Å²) in [5, 5.41) is 13.6. The second-order valence-electron chi connectivity index (χ2n) is 11.6. The normalized spacial score (nSPS) is 36.4. The van der Waals surface area contributed by atoms with Crippen molar-refractivity contribution in [2.45, 2.75) is 30.3 Å². The Morgan fingerprint density at radius 2 is 1.16 bits per heavy atom. The van der Waals surface area contributed by atoms with Gasteiger partial charge in [-0.3, -0.25) is 4.79 Å². The van der Waals surface area contributed by atoms with Crippen molar-refractivity contribution in [3.63, 3.8) is 0 Å². The fourth-order valence-corrected chi connectivity index (χ4v) is 9.39. The van der Waals surface area contributed by atoms with Crippen LogP contribution in [0.2, 0.25) is 0 Å². The number of hydrogen-bond donors (Lipinski definition) is 1. The highest BCUT2D eigenvalue weighted by Gasteiger charge is 2.95. The van der Waals surface area contributed by atoms with Gasteiger partial charge in [0.2, 0.25) is 0 Å². The Labute approximate surface area is 217 Å². The molecule has 0 heterocycles. The molecular formula is C35H28O2. The van der Waals surface area contributed by atoms with Crippen molar-refractivity contribution in [1.82, 2.24) is 0 Å². The van der Waals surface area contributed by atoms with Crippen molar-refractivity contribution in [3.05, 3.63) is 143 Å². The quantitative estimate of drug-likeness (QED) is 0.367. The van der Waals surface area contributed by atoms with Gasteiger partial charge in [0, 0.05) is 22.2 Å². The second-order valence-corrected chi connectivity index (χ2v) is 11.6. The highest BCUT2D eigenvalue weighted by Crippen LogP contribution is 2.90. The summed E-state index contributed by atoms with van der Waals surface area (Å²) < 4.78 is 0. The molecule has 1 N–H and O–H groups in total. The summed E-state index contributed by atoms with van der Waals surface area (Å²) in [6.45, 7) is 4.34. The molecule has 37 heavy (non-hydrogen) atoms. The summed E-state index contributed by atoms with van der Waals surface area (Å²) in [5.41, 5.74) is 4.13. The molecule has 0 aromatic heterocycles. The third kappa shape index (κ3) is 1.97. The first kappa shape index (κ1) is 21.3. The Morgan fingerprint density at radius 3 is 1.78 bits per heavy atom. The van der Waals surface area contributed by atoms with E-state index < -0.39 is 27.8 Å². The molecule has 0 radical (unpaired) electrons. The minimum Gasteiger partial charge on any atom is -0.384 e. The van der Waals surface area contributed by atoms with Crippen molar-refractivity contribution in [2.24, 2.45) is 17.3 Å². The number of ketones is 1. The van der Waals surface area contributed by atoms with Crippen LogP contribution in [-0.4, -0.2) is 16.5 Å². The Kier molecular flexibility index (Phi) is 3.79. The van der Waals surface area contributed by atoms with Crippen LogP contribution >= 0.6 is 0 Å². The monoisotopic (exact) mass is 480 g/mol. The largest absolute Gasteiger partial charge is 0.384 e. The highest BCUT2D eigenvalue weighted by molar-refractivity contribution is 6.17. The highest BCUT2D eigenvalue weighted by atomic mass is 16.3. The number of Topliss-reactive ketones (excluding diaryl/α,β-unsaturated/α-hetero) is 1. The molecule has 2 heteroatoms. The maximum Gasteiger partial charge on any atom is 0.146 e. The minimum absolute atomic E-state index is 0.263. The average Bonchev–Trinajstić information content (AvgIpc) is 3.51. The number of hydrogen-bond acceptors (Lipinski definition) is 2. The van der Waals surface area contributed by atoms with Gasteiger partial charge < -0.3 is 5.11 Å². The summed E-state index contributed by atoms with van der Waals surface area (Å²) >= 11 is 0. The standard InChI is InChI=1S/C35H28O2/c1-32-25-20-12-13-21-26(25)34(24-18-10-5-11-19-24)31-30(36)29(32)27(22-14-6-3-7-15-22)28(23-16-8-4-9-17-23)35(32,37)33(31,34)2/h3-21,29,31,37H,1-2H3/t29-,31-,32+,33+,34-,35+/m1/s1. The Bertz CT molecular complexity index is 1640. The molecule has 2 fully saturated rings. The van der Waals surface area contributed by atoms with Gasteiger partial charge in [0.05, 0.1) is 5.92 Å². The molecule has 0 amide bonds. The molecule has 2 nitrogen and oxygen atoms in total. The molecule has 0 spiro atoms. The van der Waals surface area contributed by atoms with Crippen LogP contribution in [-0.2, 0) is 15.6 Å². The van der Waals surface area contributed by atoms with Gasteiger partial charge in [0.25, 0.3) is 0 Å². The fourth-order valence-electron chi connectivity index (χ4n) is 9.39. The molecule has 4 aliphatic rings. The van der Waals surface area contributed by atoms with E-state index in [0.717, 1.165) is 33.4 Å². The Hall–Kier alpha value is -3.75. The van der Waals surface area contributed by atoms with Crippen molar-refractivity contribution < 1.29 is 9.90 Å². The van der Waals surface area contributed by atoms with Crippen LogP contribution in [0, 0.1) is 17.3 Å². The molecule has 180 valence electrons. The number of benzene rings is 4. The van der Waals surface area contributed by atoms with Crippen molar-refractivity contribution >= 4 is 16.9 Å². The third-order valence-corrected chi connectivity index (χ3v) is 10.6. The van der Waals surface area contributed by atoms with E-state index in [4.69, 9.17) is 0 Å². The van der Waals surface area contributed by atoms with Crippen LogP contribution in [0.1, 0.15) is 41.7 Å². The second kappa shape index (κ2) is 6.57. The summed E-state index contributed by atoms with van der Waals surface area (Å²) in [6.07, 6.45) is 0. The molecule has 4 aromatic rings. The zero-order valence-corrected chi connectivity index (χ0v) is 21.0. The van der Waals surface area contributed by atoms with E-state index in [0.29, 0.717) is 0 Å². The number of allylic oxidation sites excluding steroid dienone is 1. The number of carbonyl (C=O) groups is 1.